The number of carbonyl (C=O) groups excluding carboxylic acids is 4. The molecule has 0 bridgehead atoms. The molecular weight excluding hydrogens is 608 g/mol. The fourth-order valence-corrected chi connectivity index (χ4v) is 8.05. The predicted octanol–water partition coefficient (Wildman–Crippen LogP) is 4.54. The Morgan fingerprint density at radius 1 is 0.909 bits per heavy atom. The van der Waals surface area contributed by atoms with E-state index in [0.717, 1.165) is 23.3 Å². The number of hydrogen-bond donors (Lipinski definition) is 2. The van der Waals surface area contributed by atoms with E-state index in [4.69, 9.17) is 9.47 Å². The Kier molecular flexibility index (Phi) is 9.20. The number of rotatable bonds is 7. The lowest BCUT2D eigenvalue weighted by Crippen LogP contribution is -2.37. The van der Waals surface area contributed by atoms with Crippen molar-refractivity contribution in [2.45, 2.75) is 44.6 Å². The number of aryl methyl sites for hydroxylation is 1. The highest BCUT2D eigenvalue weighted by molar-refractivity contribution is 7.92. The second-order valence-electron chi connectivity index (χ2n) is 10.0. The minimum Gasteiger partial charge on any atom is -0.450 e. The van der Waals surface area contributed by atoms with Gasteiger partial charge < -0.3 is 19.7 Å². The van der Waals surface area contributed by atoms with E-state index in [1.54, 1.807) is 26.0 Å². The Labute approximate surface area is 259 Å². The smallest absolute Gasteiger partial charge is 0.414 e. The van der Waals surface area contributed by atoms with E-state index in [-0.39, 0.29) is 47.3 Å². The van der Waals surface area contributed by atoms with Gasteiger partial charge in [-0.3, -0.25) is 19.2 Å². The van der Waals surface area contributed by atoms with E-state index in [9.17, 15) is 27.6 Å². The fraction of sp³-hybridized carbons (Fsp3) is 0.333. The van der Waals surface area contributed by atoms with Crippen LogP contribution in [0.25, 0.3) is 0 Å². The number of benzene rings is 2. The van der Waals surface area contributed by atoms with Gasteiger partial charge in [-0.15, -0.1) is 11.3 Å². The van der Waals surface area contributed by atoms with E-state index in [2.05, 4.69) is 10.6 Å². The summed E-state index contributed by atoms with van der Waals surface area (Å²) in [6.07, 6.45) is 0.391. The van der Waals surface area contributed by atoms with Crippen LogP contribution in [0.5, 0.6) is 0 Å². The molecule has 2 aliphatic heterocycles. The summed E-state index contributed by atoms with van der Waals surface area (Å²) in [5.74, 6) is -1.33. The Morgan fingerprint density at radius 2 is 1.64 bits per heavy atom. The molecule has 14 heteroatoms. The zero-order chi connectivity index (χ0) is 31.4. The summed E-state index contributed by atoms with van der Waals surface area (Å²) < 4.78 is 38.4. The summed E-state index contributed by atoms with van der Waals surface area (Å²) in [5.41, 5.74) is 2.50. The molecule has 0 aliphatic carbocycles. The Hall–Kier alpha value is -4.43. The number of nitrogens with one attached hydrogen (secondary N) is 2. The highest BCUT2D eigenvalue weighted by atomic mass is 32.2. The molecule has 0 atom stereocenters. The first kappa shape index (κ1) is 31.0. The van der Waals surface area contributed by atoms with Crippen molar-refractivity contribution in [3.63, 3.8) is 0 Å². The van der Waals surface area contributed by atoms with Gasteiger partial charge in [0, 0.05) is 23.5 Å². The van der Waals surface area contributed by atoms with Gasteiger partial charge in [0.2, 0.25) is 0 Å². The second-order valence-corrected chi connectivity index (χ2v) is 13.0. The van der Waals surface area contributed by atoms with Crippen LogP contribution in [0.3, 0.4) is 0 Å². The molecule has 2 N–H and O–H groups in total. The number of imide groups is 1. The number of amides is 4. The lowest BCUT2D eigenvalue weighted by molar-refractivity contribution is 0.0924. The Morgan fingerprint density at radius 3 is 2.36 bits per heavy atom. The van der Waals surface area contributed by atoms with Crippen molar-refractivity contribution in [2.75, 3.05) is 35.9 Å². The van der Waals surface area contributed by atoms with Gasteiger partial charge in [-0.05, 0) is 74.6 Å². The van der Waals surface area contributed by atoms with Crippen LogP contribution in [-0.4, -0.2) is 63.6 Å². The summed E-state index contributed by atoms with van der Waals surface area (Å²) in [5, 5.41) is 5.12. The normalized spacial score (nSPS) is 14.2. The van der Waals surface area contributed by atoms with Crippen molar-refractivity contribution in [3.8, 4) is 0 Å². The van der Waals surface area contributed by atoms with Gasteiger partial charge in [0.15, 0.2) is 0 Å². The van der Waals surface area contributed by atoms with Gasteiger partial charge >= 0.3 is 12.2 Å². The van der Waals surface area contributed by atoms with Crippen LogP contribution < -0.4 is 14.9 Å². The molecule has 2 aromatic carbocycles. The van der Waals surface area contributed by atoms with Gasteiger partial charge in [-0.1, -0.05) is 18.2 Å². The molecule has 232 valence electrons. The van der Waals surface area contributed by atoms with Gasteiger partial charge in [-0.2, -0.15) is 0 Å². The Balaban J connectivity index is 1.39. The predicted molar refractivity (Wildman–Crippen MR) is 164 cm³/mol. The third-order valence-electron chi connectivity index (χ3n) is 7.30. The van der Waals surface area contributed by atoms with Crippen LogP contribution in [0.2, 0.25) is 0 Å². The minimum absolute atomic E-state index is 0.0471. The average molecular weight is 641 g/mol. The molecule has 2 aliphatic rings. The standard InChI is InChI=1S/C30H32N4O8S2/c1-3-41-29(37)32-27(36)25-22-15-17-33(30(38)42-4-2)18-24(22)43-28(25)31-26(35)20-11-13-21(14-12-20)44(39,40)34-16-7-9-19-8-5-6-10-23(19)34/h5-6,8,10-14H,3-4,7,9,15-18H2,1-2H3,(H,31,35)(H,32,36,37). The fourth-order valence-electron chi connectivity index (χ4n) is 5.25. The maximum absolute atomic E-state index is 13.5. The number of anilines is 2. The van der Waals surface area contributed by atoms with Crippen LogP contribution in [-0.2, 0) is 38.9 Å². The summed E-state index contributed by atoms with van der Waals surface area (Å²) in [6.45, 7) is 4.40. The summed E-state index contributed by atoms with van der Waals surface area (Å²) in [6, 6.07) is 13.0. The number of para-hydroxylation sites is 1. The lowest BCUT2D eigenvalue weighted by Gasteiger charge is -2.30. The Bertz CT molecular complexity index is 1700. The lowest BCUT2D eigenvalue weighted by atomic mass is 10.0. The zero-order valence-corrected chi connectivity index (χ0v) is 25.9. The van der Waals surface area contributed by atoms with E-state index in [0.29, 0.717) is 35.5 Å². The number of thiophene rings is 1. The topological polar surface area (TPSA) is 151 Å². The molecule has 44 heavy (non-hydrogen) atoms. The number of sulfonamides is 1. The van der Waals surface area contributed by atoms with Gasteiger partial charge in [0.1, 0.15) is 5.00 Å². The van der Waals surface area contributed by atoms with Crippen LogP contribution >= 0.6 is 11.3 Å². The van der Waals surface area contributed by atoms with E-state index in [1.807, 2.05) is 12.1 Å². The summed E-state index contributed by atoms with van der Waals surface area (Å²) in [7, 11) is -3.87. The van der Waals surface area contributed by atoms with Crippen LogP contribution in [0.1, 0.15) is 57.0 Å². The molecule has 0 unspecified atom stereocenters. The third kappa shape index (κ3) is 6.26. The largest absolute Gasteiger partial charge is 0.450 e. The van der Waals surface area contributed by atoms with Crippen molar-refractivity contribution < 1.29 is 37.1 Å². The maximum Gasteiger partial charge on any atom is 0.414 e. The van der Waals surface area contributed by atoms with Crippen LogP contribution in [0.4, 0.5) is 20.3 Å². The van der Waals surface area contributed by atoms with Crippen molar-refractivity contribution in [3.05, 3.63) is 75.7 Å². The van der Waals surface area contributed by atoms with Gasteiger partial charge in [-0.25, -0.2) is 18.0 Å². The number of nitrogens with zero attached hydrogens (tertiary/aromatic N) is 2. The molecule has 3 aromatic rings. The molecule has 0 spiro atoms. The number of alkyl carbamates (subject to hydrolysis) is 1. The molecule has 0 saturated carbocycles. The first-order valence-electron chi connectivity index (χ1n) is 14.2. The third-order valence-corrected chi connectivity index (χ3v) is 10.3. The zero-order valence-electron chi connectivity index (χ0n) is 24.3. The van der Waals surface area contributed by atoms with Gasteiger partial charge in [0.05, 0.1) is 35.9 Å². The summed E-state index contributed by atoms with van der Waals surface area (Å²) >= 11 is 1.12. The number of ether oxygens (including phenoxy) is 2. The molecule has 1 aromatic heterocycles. The van der Waals surface area contributed by atoms with Crippen LogP contribution in [0.15, 0.2) is 53.4 Å². The molecule has 4 amide bonds. The highest BCUT2D eigenvalue weighted by Crippen LogP contribution is 2.38. The van der Waals surface area contributed by atoms with Crippen molar-refractivity contribution >= 4 is 56.0 Å². The van der Waals surface area contributed by atoms with E-state index < -0.39 is 34.0 Å². The molecular formula is C30H32N4O8S2. The van der Waals surface area contributed by atoms with Crippen molar-refractivity contribution in [1.29, 1.82) is 0 Å². The molecule has 12 nitrogen and oxygen atoms in total. The molecule has 3 heterocycles. The minimum atomic E-state index is -3.87. The summed E-state index contributed by atoms with van der Waals surface area (Å²) in [4.78, 5) is 53.1. The SMILES string of the molecule is CCOC(=O)NC(=O)c1c(NC(=O)c2ccc(S(=O)(=O)N3CCCc4ccccc43)cc2)sc2c1CCN(C(=O)OCC)C2. The first-order valence-corrected chi connectivity index (χ1v) is 16.5. The monoisotopic (exact) mass is 640 g/mol. The van der Waals surface area contributed by atoms with Gasteiger partial charge in [0.25, 0.3) is 21.8 Å². The maximum atomic E-state index is 13.5. The number of hydrogen-bond acceptors (Lipinski definition) is 9. The molecule has 0 radical (unpaired) electrons. The van der Waals surface area contributed by atoms with E-state index >= 15 is 0 Å². The quantitative estimate of drug-likeness (QED) is 0.382. The van der Waals surface area contributed by atoms with Crippen molar-refractivity contribution in [2.24, 2.45) is 0 Å². The van der Waals surface area contributed by atoms with Crippen molar-refractivity contribution in [1.82, 2.24) is 10.2 Å². The highest BCUT2D eigenvalue weighted by Gasteiger charge is 2.32. The second kappa shape index (κ2) is 13.1. The molecule has 0 saturated heterocycles. The van der Waals surface area contributed by atoms with Crippen LogP contribution in [0, 0.1) is 0 Å². The van der Waals surface area contributed by atoms with E-state index in [1.165, 1.54) is 33.5 Å². The molecule has 0 fully saturated rings. The number of carbonyl (C=O) groups is 4. The number of fused-ring (bicyclic) bond motifs is 2. The first-order chi connectivity index (χ1) is 21.1. The average Bonchev–Trinajstić information content (AvgIpc) is 3.38. The molecule has 5 rings (SSSR count).